The molecule has 0 unspecified atom stereocenters. The van der Waals surface area contributed by atoms with Crippen molar-refractivity contribution >= 4 is 16.1 Å². The summed E-state index contributed by atoms with van der Waals surface area (Å²) >= 11 is 0. The Kier molecular flexibility index (Phi) is 9.84. The maximum absolute atomic E-state index is 13.7. The van der Waals surface area contributed by atoms with Crippen LogP contribution in [0, 0.1) is 11.8 Å². The molecule has 2 aliphatic heterocycles. The molecule has 4 rings (SSSR count). The number of nitrogens with one attached hydrogen (secondary N) is 1. The molecule has 2 N–H and O–H groups in total. The summed E-state index contributed by atoms with van der Waals surface area (Å²) in [5.74, 6) is 0.174. The molecule has 10 nitrogen and oxygen atoms in total. The van der Waals surface area contributed by atoms with E-state index >= 15 is 0 Å². The van der Waals surface area contributed by atoms with Crippen molar-refractivity contribution in [3.05, 3.63) is 60.2 Å². The zero-order valence-corrected chi connectivity index (χ0v) is 23.4. The number of rotatable bonds is 12. The highest BCUT2D eigenvalue weighted by molar-refractivity contribution is 7.89. The summed E-state index contributed by atoms with van der Waals surface area (Å²) in [4.78, 5) is 13.0. The number of carbonyl (C=O) groups excluding carboxylic acids is 1. The van der Waals surface area contributed by atoms with Crippen LogP contribution in [0.15, 0.2) is 59.5 Å². The van der Waals surface area contributed by atoms with E-state index < -0.39 is 34.4 Å². The molecule has 11 heteroatoms. The van der Waals surface area contributed by atoms with E-state index in [4.69, 9.17) is 18.9 Å². The van der Waals surface area contributed by atoms with E-state index in [1.54, 1.807) is 18.2 Å². The highest BCUT2D eigenvalue weighted by Gasteiger charge is 2.44. The number of methoxy groups -OCH3 is 1. The first-order valence-corrected chi connectivity index (χ1v) is 14.7. The Morgan fingerprint density at radius 3 is 2.54 bits per heavy atom. The molecule has 0 aliphatic carbocycles. The van der Waals surface area contributed by atoms with Crippen molar-refractivity contribution in [2.24, 2.45) is 11.8 Å². The van der Waals surface area contributed by atoms with E-state index in [1.165, 1.54) is 17.5 Å². The largest absolute Gasteiger partial charge is 0.495 e. The second kappa shape index (κ2) is 13.1. The molecule has 5 atom stereocenters. The first kappa shape index (κ1) is 29.3. The number of sulfonamides is 1. The van der Waals surface area contributed by atoms with Crippen LogP contribution in [0.1, 0.15) is 25.8 Å². The number of nitrogens with zero attached hydrogens (tertiary/aromatic N) is 1. The van der Waals surface area contributed by atoms with E-state index in [0.29, 0.717) is 6.61 Å². The lowest BCUT2D eigenvalue weighted by Gasteiger charge is -2.31. The molecule has 0 radical (unpaired) electrons. The van der Waals surface area contributed by atoms with Crippen LogP contribution in [-0.4, -0.2) is 81.9 Å². The van der Waals surface area contributed by atoms with Crippen LogP contribution in [0.3, 0.4) is 0 Å². The van der Waals surface area contributed by atoms with Gasteiger partial charge in [0.2, 0.25) is 10.0 Å². The average Bonchev–Trinajstić information content (AvgIpc) is 3.53. The molecule has 1 amide bonds. The van der Waals surface area contributed by atoms with Gasteiger partial charge >= 0.3 is 6.09 Å². The molecule has 2 aromatic rings. The first-order chi connectivity index (χ1) is 18.7. The minimum absolute atomic E-state index is 0.0156. The third kappa shape index (κ3) is 7.29. The normalized spacial score (nSPS) is 22.5. The monoisotopic (exact) mass is 562 g/mol. The lowest BCUT2D eigenvalue weighted by Crippen LogP contribution is -2.51. The van der Waals surface area contributed by atoms with Crippen LogP contribution in [-0.2, 0) is 30.7 Å². The number of aliphatic hydroxyl groups is 1. The molecule has 214 valence electrons. The molecule has 0 saturated carbocycles. The van der Waals surface area contributed by atoms with Gasteiger partial charge in [-0.1, -0.05) is 56.3 Å². The molecule has 2 fully saturated rings. The quantitative estimate of drug-likeness (QED) is 0.405. The highest BCUT2D eigenvalue weighted by Crippen LogP contribution is 2.33. The van der Waals surface area contributed by atoms with E-state index in [2.05, 4.69) is 5.32 Å². The van der Waals surface area contributed by atoms with Crippen molar-refractivity contribution in [2.75, 3.05) is 33.4 Å². The summed E-state index contributed by atoms with van der Waals surface area (Å²) in [6.45, 7) is 4.53. The van der Waals surface area contributed by atoms with Gasteiger partial charge in [0, 0.05) is 13.1 Å². The number of alkyl carbamates (subject to hydrolysis) is 1. The van der Waals surface area contributed by atoms with Crippen LogP contribution < -0.4 is 10.1 Å². The maximum Gasteiger partial charge on any atom is 0.407 e. The molecule has 0 bridgehead atoms. The third-order valence-electron chi connectivity index (χ3n) is 6.96. The molecule has 0 aromatic heterocycles. The van der Waals surface area contributed by atoms with Crippen molar-refractivity contribution in [3.8, 4) is 5.75 Å². The zero-order valence-electron chi connectivity index (χ0n) is 22.6. The summed E-state index contributed by atoms with van der Waals surface area (Å²) in [7, 11) is -2.61. The summed E-state index contributed by atoms with van der Waals surface area (Å²) < 4.78 is 50.7. The van der Waals surface area contributed by atoms with E-state index in [9.17, 15) is 18.3 Å². The zero-order chi connectivity index (χ0) is 28.0. The Bertz CT molecular complexity index is 1190. The highest BCUT2D eigenvalue weighted by atomic mass is 32.2. The second-order valence-electron chi connectivity index (χ2n) is 10.3. The van der Waals surface area contributed by atoms with Crippen LogP contribution in [0.25, 0.3) is 0 Å². The Labute approximate surface area is 230 Å². The smallest absolute Gasteiger partial charge is 0.407 e. The lowest BCUT2D eigenvalue weighted by atomic mass is 10.0. The molecular formula is C28H38N2O8S. The van der Waals surface area contributed by atoms with Crippen molar-refractivity contribution in [3.63, 3.8) is 0 Å². The van der Waals surface area contributed by atoms with E-state index in [1.807, 2.05) is 44.2 Å². The predicted molar refractivity (Wildman–Crippen MR) is 144 cm³/mol. The summed E-state index contributed by atoms with van der Waals surface area (Å²) in [6, 6.07) is 14.9. The lowest BCUT2D eigenvalue weighted by molar-refractivity contribution is -0.0907. The van der Waals surface area contributed by atoms with Gasteiger partial charge in [0.1, 0.15) is 16.7 Å². The summed E-state index contributed by atoms with van der Waals surface area (Å²) in [6.07, 6.45) is -1.72. The van der Waals surface area contributed by atoms with Gasteiger partial charge in [-0.2, -0.15) is 4.31 Å². The number of amides is 1. The third-order valence-corrected chi connectivity index (χ3v) is 8.83. The number of hydrogen-bond acceptors (Lipinski definition) is 8. The summed E-state index contributed by atoms with van der Waals surface area (Å²) in [5, 5.41) is 14.2. The molecule has 0 spiro atoms. The fourth-order valence-corrected chi connectivity index (χ4v) is 6.78. The van der Waals surface area contributed by atoms with Gasteiger partial charge in [-0.3, -0.25) is 0 Å². The van der Waals surface area contributed by atoms with Gasteiger partial charge < -0.3 is 29.4 Å². The number of aliphatic hydroxyl groups excluding tert-OH is 1. The van der Waals surface area contributed by atoms with Crippen molar-refractivity contribution in [1.82, 2.24) is 9.62 Å². The minimum Gasteiger partial charge on any atom is -0.495 e. The summed E-state index contributed by atoms with van der Waals surface area (Å²) in [5.41, 5.74) is 0.873. The van der Waals surface area contributed by atoms with Gasteiger partial charge in [0.15, 0.2) is 6.29 Å². The Hall–Kier alpha value is -2.70. The average molecular weight is 563 g/mol. The van der Waals surface area contributed by atoms with E-state index in [0.717, 1.165) is 12.0 Å². The SMILES string of the molecule is COc1ccccc1S(=O)(=O)N(CC(C)C)C[C@@H](O)[C@H](Cc1ccccc1)NC(=O)O[C@H]1CO[C@H]2OCC[C@H]21. The van der Waals surface area contributed by atoms with E-state index in [-0.39, 0.29) is 54.9 Å². The first-order valence-electron chi connectivity index (χ1n) is 13.2. The topological polar surface area (TPSA) is 124 Å². The Balaban J connectivity index is 1.53. The number of ether oxygens (including phenoxy) is 4. The maximum atomic E-state index is 13.7. The molecule has 2 aliphatic rings. The number of benzene rings is 2. The Morgan fingerprint density at radius 2 is 1.82 bits per heavy atom. The standard InChI is InChI=1S/C28H38N2O8S/c1-19(2)16-30(39(33,34)26-12-8-7-11-24(26)35-3)17-23(31)22(15-20-9-5-4-6-10-20)29-28(32)38-25-18-37-27-21(25)13-14-36-27/h4-12,19,21-23,25,27,31H,13-18H2,1-3H3,(H,29,32)/t21-,22-,23+,25-,27+/m0/s1. The minimum atomic E-state index is -4.02. The van der Waals surface area contributed by atoms with Gasteiger partial charge in [-0.25, -0.2) is 13.2 Å². The number of fused-ring (bicyclic) bond motifs is 1. The van der Waals surface area contributed by atoms with Crippen molar-refractivity contribution in [1.29, 1.82) is 0 Å². The number of carbonyl (C=O) groups is 1. The van der Waals surface area contributed by atoms with Crippen molar-refractivity contribution in [2.45, 2.75) is 56.1 Å². The van der Waals surface area contributed by atoms with Gasteiger partial charge in [-0.05, 0) is 36.5 Å². The number of para-hydroxylation sites is 1. The molecule has 39 heavy (non-hydrogen) atoms. The van der Waals surface area contributed by atoms with Gasteiger partial charge in [0.05, 0.1) is 38.4 Å². The second-order valence-corrected chi connectivity index (χ2v) is 12.2. The van der Waals surface area contributed by atoms with Crippen LogP contribution in [0.2, 0.25) is 0 Å². The van der Waals surface area contributed by atoms with Crippen molar-refractivity contribution < 1.29 is 37.3 Å². The fraction of sp³-hybridized carbons (Fsp3) is 0.536. The molecule has 2 aromatic carbocycles. The van der Waals surface area contributed by atoms with Gasteiger partial charge in [0.25, 0.3) is 0 Å². The Morgan fingerprint density at radius 1 is 1.10 bits per heavy atom. The predicted octanol–water partition coefficient (Wildman–Crippen LogP) is 2.80. The van der Waals surface area contributed by atoms with Gasteiger partial charge in [-0.15, -0.1) is 0 Å². The number of hydrogen-bond donors (Lipinski definition) is 2. The van der Waals surface area contributed by atoms with Crippen LogP contribution in [0.5, 0.6) is 5.75 Å². The van der Waals surface area contributed by atoms with Crippen LogP contribution >= 0.6 is 0 Å². The fourth-order valence-electron chi connectivity index (χ4n) is 5.01. The van der Waals surface area contributed by atoms with Crippen LogP contribution in [0.4, 0.5) is 4.79 Å². The molecule has 2 heterocycles. The molecular weight excluding hydrogens is 524 g/mol. The molecule has 2 saturated heterocycles.